The van der Waals surface area contributed by atoms with Gasteiger partial charge in [-0.05, 0) is 25.0 Å². The van der Waals surface area contributed by atoms with Gasteiger partial charge in [0.05, 0.1) is 6.10 Å². The molecular weight excluding hydrogens is 152 g/mol. The Morgan fingerprint density at radius 3 is 2.83 bits per heavy atom. The third-order valence-electron chi connectivity index (χ3n) is 1.96. The highest BCUT2D eigenvalue weighted by atomic mass is 16.3. The molecule has 0 aromatic carbocycles. The average Bonchev–Trinajstić information content (AvgIpc) is 2.03. The van der Waals surface area contributed by atoms with Crippen molar-refractivity contribution in [2.24, 2.45) is 0 Å². The zero-order valence-corrected chi connectivity index (χ0v) is 7.41. The van der Waals surface area contributed by atoms with E-state index in [9.17, 15) is 5.11 Å². The fourth-order valence-electron chi connectivity index (χ4n) is 1.23. The van der Waals surface area contributed by atoms with Crippen LogP contribution in [-0.4, -0.2) is 10.1 Å². The normalized spacial score (nSPS) is 12.9. The molecule has 0 aliphatic heterocycles. The average molecular weight is 166 g/mol. The van der Waals surface area contributed by atoms with Crippen LogP contribution in [0.25, 0.3) is 0 Å². The topological polar surface area (TPSA) is 59.1 Å². The summed E-state index contributed by atoms with van der Waals surface area (Å²) < 4.78 is 0. The number of nitrogens with two attached hydrogens (primary N) is 1. The minimum absolute atomic E-state index is 0.435. The van der Waals surface area contributed by atoms with Gasteiger partial charge in [-0.1, -0.05) is 6.92 Å². The van der Waals surface area contributed by atoms with E-state index in [1.807, 2.05) is 19.9 Å². The van der Waals surface area contributed by atoms with Gasteiger partial charge in [-0.3, -0.25) is 0 Å². The fraction of sp³-hybridized carbons (Fsp3) is 0.444. The van der Waals surface area contributed by atoms with E-state index in [1.54, 1.807) is 6.20 Å². The minimum atomic E-state index is -0.487. The van der Waals surface area contributed by atoms with Gasteiger partial charge in [-0.25, -0.2) is 4.98 Å². The van der Waals surface area contributed by atoms with Crippen LogP contribution >= 0.6 is 0 Å². The Kier molecular flexibility index (Phi) is 2.65. The van der Waals surface area contributed by atoms with Crippen LogP contribution in [-0.2, 0) is 0 Å². The molecule has 1 heterocycles. The molecule has 1 rings (SSSR count). The first-order chi connectivity index (χ1) is 5.66. The smallest absolute Gasteiger partial charge is 0.129 e. The van der Waals surface area contributed by atoms with Crippen LogP contribution in [0, 0.1) is 6.92 Å². The lowest BCUT2D eigenvalue weighted by molar-refractivity contribution is 0.173. The van der Waals surface area contributed by atoms with Crippen molar-refractivity contribution in [3.05, 3.63) is 23.4 Å². The van der Waals surface area contributed by atoms with Gasteiger partial charge in [0.2, 0.25) is 0 Å². The standard InChI is InChI=1S/C9H14N2O/c1-3-7(12)8-6(2)4-5-11-9(8)10/h4-5,7,12H,3H2,1-2H3,(H2,10,11). The Morgan fingerprint density at radius 1 is 1.67 bits per heavy atom. The Morgan fingerprint density at radius 2 is 2.33 bits per heavy atom. The van der Waals surface area contributed by atoms with E-state index in [1.165, 1.54) is 0 Å². The Labute approximate surface area is 72.2 Å². The first-order valence-corrected chi connectivity index (χ1v) is 4.05. The molecule has 0 amide bonds. The number of nitrogens with zero attached hydrogens (tertiary/aromatic N) is 1. The molecule has 1 unspecified atom stereocenters. The predicted molar refractivity (Wildman–Crippen MR) is 48.6 cm³/mol. The number of aryl methyl sites for hydroxylation is 1. The van der Waals surface area contributed by atoms with Crippen LogP contribution in [0.4, 0.5) is 5.82 Å². The largest absolute Gasteiger partial charge is 0.388 e. The van der Waals surface area contributed by atoms with Crippen molar-refractivity contribution in [2.75, 3.05) is 5.73 Å². The molecule has 1 atom stereocenters. The van der Waals surface area contributed by atoms with E-state index in [2.05, 4.69) is 4.98 Å². The zero-order chi connectivity index (χ0) is 9.14. The van der Waals surface area contributed by atoms with Crippen LogP contribution in [0.5, 0.6) is 0 Å². The molecule has 3 nitrogen and oxygen atoms in total. The highest BCUT2D eigenvalue weighted by Gasteiger charge is 2.11. The highest BCUT2D eigenvalue weighted by molar-refractivity contribution is 5.45. The molecule has 0 bridgehead atoms. The zero-order valence-electron chi connectivity index (χ0n) is 7.41. The van der Waals surface area contributed by atoms with Crippen molar-refractivity contribution < 1.29 is 5.11 Å². The second kappa shape index (κ2) is 3.54. The molecule has 1 aromatic heterocycles. The maximum Gasteiger partial charge on any atom is 0.129 e. The summed E-state index contributed by atoms with van der Waals surface area (Å²) in [6, 6.07) is 1.85. The number of rotatable bonds is 2. The van der Waals surface area contributed by atoms with E-state index in [4.69, 9.17) is 5.73 Å². The Hall–Kier alpha value is -1.09. The minimum Gasteiger partial charge on any atom is -0.388 e. The number of aliphatic hydroxyl groups is 1. The van der Waals surface area contributed by atoms with Crippen molar-refractivity contribution in [3.8, 4) is 0 Å². The van der Waals surface area contributed by atoms with Crippen molar-refractivity contribution in [1.82, 2.24) is 4.98 Å². The first-order valence-electron chi connectivity index (χ1n) is 4.05. The van der Waals surface area contributed by atoms with Crippen molar-refractivity contribution in [1.29, 1.82) is 0 Å². The van der Waals surface area contributed by atoms with Gasteiger partial charge >= 0.3 is 0 Å². The Bertz CT molecular complexity index is 253. The van der Waals surface area contributed by atoms with E-state index in [-0.39, 0.29) is 0 Å². The van der Waals surface area contributed by atoms with Crippen LogP contribution in [0.15, 0.2) is 12.3 Å². The van der Waals surface area contributed by atoms with Gasteiger partial charge in [-0.2, -0.15) is 0 Å². The summed E-state index contributed by atoms with van der Waals surface area (Å²) in [6.07, 6.45) is 1.83. The van der Waals surface area contributed by atoms with Gasteiger partial charge in [0, 0.05) is 11.8 Å². The van der Waals surface area contributed by atoms with Gasteiger partial charge < -0.3 is 10.8 Å². The van der Waals surface area contributed by atoms with Gasteiger partial charge in [0.1, 0.15) is 5.82 Å². The lowest BCUT2D eigenvalue weighted by Gasteiger charge is -2.12. The van der Waals surface area contributed by atoms with Crippen molar-refractivity contribution >= 4 is 5.82 Å². The molecule has 0 fully saturated rings. The van der Waals surface area contributed by atoms with Crippen LogP contribution < -0.4 is 5.73 Å². The first kappa shape index (κ1) is 9.00. The summed E-state index contributed by atoms with van der Waals surface area (Å²) in [7, 11) is 0. The number of pyridine rings is 1. The molecule has 0 aliphatic carbocycles. The summed E-state index contributed by atoms with van der Waals surface area (Å²) in [4.78, 5) is 3.93. The van der Waals surface area contributed by atoms with Gasteiger partial charge in [-0.15, -0.1) is 0 Å². The quantitative estimate of drug-likeness (QED) is 0.698. The van der Waals surface area contributed by atoms with E-state index >= 15 is 0 Å². The maximum absolute atomic E-state index is 9.57. The lowest BCUT2D eigenvalue weighted by atomic mass is 10.0. The second-order valence-electron chi connectivity index (χ2n) is 2.85. The molecule has 1 aromatic rings. The van der Waals surface area contributed by atoms with E-state index in [0.29, 0.717) is 12.2 Å². The lowest BCUT2D eigenvalue weighted by Crippen LogP contribution is -2.05. The molecule has 0 aliphatic rings. The Balaban J connectivity index is 3.12. The molecule has 0 saturated carbocycles. The van der Waals surface area contributed by atoms with Crippen LogP contribution in [0.2, 0.25) is 0 Å². The monoisotopic (exact) mass is 166 g/mol. The highest BCUT2D eigenvalue weighted by Crippen LogP contribution is 2.23. The third-order valence-corrected chi connectivity index (χ3v) is 1.96. The number of aliphatic hydroxyl groups excluding tert-OH is 1. The molecule has 12 heavy (non-hydrogen) atoms. The maximum atomic E-state index is 9.57. The summed E-state index contributed by atoms with van der Waals surface area (Å²) in [5.41, 5.74) is 7.39. The summed E-state index contributed by atoms with van der Waals surface area (Å²) >= 11 is 0. The number of aromatic nitrogens is 1. The van der Waals surface area contributed by atoms with E-state index < -0.39 is 6.10 Å². The molecule has 3 heteroatoms. The molecule has 66 valence electrons. The SMILES string of the molecule is CCC(O)c1c(C)ccnc1N. The molecule has 0 spiro atoms. The second-order valence-corrected chi connectivity index (χ2v) is 2.85. The molecule has 3 N–H and O–H groups in total. The predicted octanol–water partition coefficient (Wildman–Crippen LogP) is 1.42. The number of anilines is 1. The van der Waals surface area contributed by atoms with Crippen LogP contribution in [0.1, 0.15) is 30.6 Å². The molecule has 0 radical (unpaired) electrons. The summed E-state index contributed by atoms with van der Waals surface area (Å²) in [6.45, 7) is 3.84. The van der Waals surface area contributed by atoms with Gasteiger partial charge in [0.25, 0.3) is 0 Å². The molecule has 0 saturated heterocycles. The number of nitrogen functional groups attached to an aromatic ring is 1. The van der Waals surface area contributed by atoms with Crippen molar-refractivity contribution in [3.63, 3.8) is 0 Å². The summed E-state index contributed by atoms with van der Waals surface area (Å²) in [5.74, 6) is 0.435. The number of hydrogen-bond acceptors (Lipinski definition) is 3. The fourth-order valence-corrected chi connectivity index (χ4v) is 1.23. The van der Waals surface area contributed by atoms with E-state index in [0.717, 1.165) is 11.1 Å². The van der Waals surface area contributed by atoms with Crippen molar-refractivity contribution in [2.45, 2.75) is 26.4 Å². The third kappa shape index (κ3) is 1.56. The molecular formula is C9H14N2O. The van der Waals surface area contributed by atoms with Gasteiger partial charge in [0.15, 0.2) is 0 Å². The summed E-state index contributed by atoms with van der Waals surface area (Å²) in [5, 5.41) is 9.57. The number of hydrogen-bond donors (Lipinski definition) is 2. The van der Waals surface area contributed by atoms with Crippen LogP contribution in [0.3, 0.4) is 0 Å².